The Kier molecular flexibility index (Phi) is 3.28. The summed E-state index contributed by atoms with van der Waals surface area (Å²) in [4.78, 5) is 26.2. The number of hydrogen-bond acceptors (Lipinski definition) is 4. The number of fused-ring (bicyclic) bond motifs is 1. The summed E-state index contributed by atoms with van der Waals surface area (Å²) in [6, 6.07) is 5.82. The number of aryl methyl sites for hydroxylation is 1. The molecule has 1 N–H and O–H groups in total. The van der Waals surface area contributed by atoms with Crippen LogP contribution < -0.4 is 5.32 Å². The zero-order valence-corrected chi connectivity index (χ0v) is 13.0. The van der Waals surface area contributed by atoms with Crippen LogP contribution in [-0.4, -0.2) is 50.8 Å². The van der Waals surface area contributed by atoms with Crippen molar-refractivity contribution < 1.29 is 9.59 Å². The lowest BCUT2D eigenvalue weighted by atomic mass is 10.1. The summed E-state index contributed by atoms with van der Waals surface area (Å²) in [5.74, 6) is 0.315. The molecule has 0 bridgehead atoms. The van der Waals surface area contributed by atoms with Crippen molar-refractivity contribution in [2.75, 3.05) is 13.1 Å². The van der Waals surface area contributed by atoms with Gasteiger partial charge in [0.05, 0.1) is 5.52 Å². The Morgan fingerprint density at radius 3 is 3.00 bits per heavy atom. The fourth-order valence-electron chi connectivity index (χ4n) is 3.21. The second-order valence-corrected chi connectivity index (χ2v) is 6.47. The van der Waals surface area contributed by atoms with Crippen LogP contribution in [0.1, 0.15) is 29.6 Å². The quantitative estimate of drug-likeness (QED) is 0.901. The zero-order valence-electron chi connectivity index (χ0n) is 13.0. The van der Waals surface area contributed by atoms with Crippen LogP contribution in [0.3, 0.4) is 0 Å². The molecule has 1 aliphatic heterocycles. The van der Waals surface area contributed by atoms with Gasteiger partial charge in [0, 0.05) is 44.1 Å². The Hall–Kier alpha value is -2.44. The molecule has 7 heteroatoms. The van der Waals surface area contributed by atoms with E-state index >= 15 is 0 Å². The first kappa shape index (κ1) is 14.2. The molecule has 23 heavy (non-hydrogen) atoms. The van der Waals surface area contributed by atoms with Gasteiger partial charge in [0.1, 0.15) is 5.52 Å². The minimum absolute atomic E-state index is 0.130. The number of carbonyl (C=O) groups excluding carboxylic acids is 2. The molecule has 2 heterocycles. The van der Waals surface area contributed by atoms with E-state index in [9.17, 15) is 9.59 Å². The second kappa shape index (κ2) is 5.33. The van der Waals surface area contributed by atoms with E-state index < -0.39 is 0 Å². The maximum absolute atomic E-state index is 12.3. The highest BCUT2D eigenvalue weighted by molar-refractivity contribution is 5.97. The Balaban J connectivity index is 1.38. The van der Waals surface area contributed by atoms with E-state index in [1.165, 1.54) is 0 Å². The van der Waals surface area contributed by atoms with E-state index in [0.29, 0.717) is 30.1 Å². The third kappa shape index (κ3) is 2.67. The number of aromatic nitrogens is 3. The van der Waals surface area contributed by atoms with E-state index in [1.54, 1.807) is 16.8 Å². The lowest BCUT2D eigenvalue weighted by Gasteiger charge is -2.15. The normalized spacial score (nSPS) is 21.2. The van der Waals surface area contributed by atoms with Crippen LogP contribution in [0, 0.1) is 5.92 Å². The van der Waals surface area contributed by atoms with Gasteiger partial charge in [-0.15, -0.1) is 5.10 Å². The second-order valence-electron chi connectivity index (χ2n) is 6.47. The minimum Gasteiger partial charge on any atom is -0.352 e. The van der Waals surface area contributed by atoms with Crippen molar-refractivity contribution in [1.29, 1.82) is 0 Å². The first-order chi connectivity index (χ1) is 11.1. The number of nitrogens with one attached hydrogen (secondary N) is 1. The van der Waals surface area contributed by atoms with Crippen LogP contribution >= 0.6 is 0 Å². The highest BCUT2D eigenvalue weighted by Crippen LogP contribution is 2.32. The number of rotatable bonds is 4. The molecule has 7 nitrogen and oxygen atoms in total. The van der Waals surface area contributed by atoms with Gasteiger partial charge in [0.25, 0.3) is 5.91 Å². The van der Waals surface area contributed by atoms with E-state index in [1.807, 2.05) is 18.0 Å². The monoisotopic (exact) mass is 313 g/mol. The molecule has 1 atom stereocenters. The molecule has 1 aliphatic carbocycles. The summed E-state index contributed by atoms with van der Waals surface area (Å²) in [6.45, 7) is 1.30. The summed E-state index contributed by atoms with van der Waals surface area (Å²) in [7, 11) is 1.82. The molecule has 0 spiro atoms. The molecule has 4 rings (SSSR count). The number of amides is 2. The average Bonchev–Trinajstić information content (AvgIpc) is 3.23. The van der Waals surface area contributed by atoms with Gasteiger partial charge in [-0.05, 0) is 31.0 Å². The summed E-state index contributed by atoms with van der Waals surface area (Å²) in [6.07, 6.45) is 2.80. The van der Waals surface area contributed by atoms with Gasteiger partial charge in [-0.3, -0.25) is 9.59 Å². The highest BCUT2D eigenvalue weighted by Gasteiger charge is 2.39. The first-order valence-corrected chi connectivity index (χ1v) is 7.99. The van der Waals surface area contributed by atoms with Gasteiger partial charge < -0.3 is 10.2 Å². The zero-order chi connectivity index (χ0) is 16.0. The maximum atomic E-state index is 12.3. The van der Waals surface area contributed by atoms with E-state index in [4.69, 9.17) is 0 Å². The van der Waals surface area contributed by atoms with Gasteiger partial charge in [-0.2, -0.15) is 0 Å². The molecule has 1 saturated carbocycles. The SMILES string of the molecule is Cn1nnc2cc(C(=O)NC[C@H]3CC(=O)N(C4CC4)C3)ccc21. The predicted molar refractivity (Wildman–Crippen MR) is 83.7 cm³/mol. The third-order valence-corrected chi connectivity index (χ3v) is 4.65. The molecule has 2 amide bonds. The first-order valence-electron chi connectivity index (χ1n) is 7.99. The third-order valence-electron chi connectivity index (χ3n) is 4.65. The van der Waals surface area contributed by atoms with Crippen LogP contribution in [0.4, 0.5) is 0 Å². The van der Waals surface area contributed by atoms with Gasteiger partial charge in [0.2, 0.25) is 5.91 Å². The summed E-state index contributed by atoms with van der Waals surface area (Å²) in [5, 5.41) is 10.9. The fraction of sp³-hybridized carbons (Fsp3) is 0.500. The fourth-order valence-corrected chi connectivity index (χ4v) is 3.21. The van der Waals surface area contributed by atoms with Crippen LogP contribution in [0.2, 0.25) is 0 Å². The van der Waals surface area contributed by atoms with Gasteiger partial charge in [0.15, 0.2) is 0 Å². The Bertz CT molecular complexity index is 780. The molecule has 2 aliphatic rings. The predicted octanol–water partition coefficient (Wildman–Crippen LogP) is 0.709. The van der Waals surface area contributed by atoms with Gasteiger partial charge in [-0.25, -0.2) is 4.68 Å². The highest BCUT2D eigenvalue weighted by atomic mass is 16.2. The molecule has 2 aromatic rings. The van der Waals surface area contributed by atoms with Crippen molar-refractivity contribution in [2.45, 2.75) is 25.3 Å². The molecule has 2 fully saturated rings. The molecular formula is C16H19N5O2. The minimum atomic E-state index is -0.130. The lowest BCUT2D eigenvalue weighted by Crippen LogP contribution is -2.32. The average molecular weight is 313 g/mol. The number of carbonyl (C=O) groups is 2. The molecule has 0 radical (unpaired) electrons. The molecule has 0 unspecified atom stereocenters. The summed E-state index contributed by atoms with van der Waals surface area (Å²) in [5.41, 5.74) is 2.17. The Labute approximate surface area is 133 Å². The van der Waals surface area contributed by atoms with E-state index in [2.05, 4.69) is 15.6 Å². The molecule has 1 aromatic heterocycles. The number of benzene rings is 1. The van der Waals surface area contributed by atoms with Crippen LogP contribution in [0.15, 0.2) is 18.2 Å². The molecule has 1 aromatic carbocycles. The molecule has 120 valence electrons. The van der Waals surface area contributed by atoms with Gasteiger partial charge in [-0.1, -0.05) is 5.21 Å². The van der Waals surface area contributed by atoms with E-state index in [0.717, 1.165) is 24.9 Å². The number of hydrogen-bond donors (Lipinski definition) is 1. The van der Waals surface area contributed by atoms with Crippen molar-refractivity contribution in [3.8, 4) is 0 Å². The summed E-state index contributed by atoms with van der Waals surface area (Å²) >= 11 is 0. The van der Waals surface area contributed by atoms with Crippen LogP contribution in [-0.2, 0) is 11.8 Å². The number of nitrogens with zero attached hydrogens (tertiary/aromatic N) is 4. The maximum Gasteiger partial charge on any atom is 0.251 e. The van der Waals surface area contributed by atoms with Crippen molar-refractivity contribution in [3.63, 3.8) is 0 Å². The number of likely N-dealkylation sites (tertiary alicyclic amines) is 1. The largest absolute Gasteiger partial charge is 0.352 e. The van der Waals surface area contributed by atoms with Gasteiger partial charge >= 0.3 is 0 Å². The van der Waals surface area contributed by atoms with Crippen molar-refractivity contribution in [3.05, 3.63) is 23.8 Å². The Morgan fingerprint density at radius 1 is 1.39 bits per heavy atom. The van der Waals surface area contributed by atoms with Crippen molar-refractivity contribution in [2.24, 2.45) is 13.0 Å². The van der Waals surface area contributed by atoms with Crippen molar-refractivity contribution >= 4 is 22.8 Å². The van der Waals surface area contributed by atoms with Crippen molar-refractivity contribution in [1.82, 2.24) is 25.2 Å². The van der Waals surface area contributed by atoms with Crippen LogP contribution in [0.5, 0.6) is 0 Å². The Morgan fingerprint density at radius 2 is 2.22 bits per heavy atom. The molecular weight excluding hydrogens is 294 g/mol. The topological polar surface area (TPSA) is 80.1 Å². The smallest absolute Gasteiger partial charge is 0.251 e. The van der Waals surface area contributed by atoms with E-state index in [-0.39, 0.29) is 17.7 Å². The standard InChI is InChI=1S/C16H19N5O2/c1-20-14-5-2-11(7-13(14)18-19-20)16(23)17-8-10-6-15(22)21(9-10)12-3-4-12/h2,5,7,10,12H,3-4,6,8-9H2,1H3,(H,17,23)/t10-/m1/s1. The van der Waals surface area contributed by atoms with Crippen LogP contribution in [0.25, 0.3) is 11.0 Å². The lowest BCUT2D eigenvalue weighted by molar-refractivity contribution is -0.128. The molecule has 1 saturated heterocycles. The summed E-state index contributed by atoms with van der Waals surface area (Å²) < 4.78 is 1.67.